The lowest BCUT2D eigenvalue weighted by atomic mass is 10.1. The minimum absolute atomic E-state index is 0.782. The van der Waals surface area contributed by atoms with Gasteiger partial charge in [0.15, 0.2) is 0 Å². The van der Waals surface area contributed by atoms with Crippen LogP contribution in [0, 0.1) is 5.92 Å². The molecule has 0 radical (unpaired) electrons. The Bertz CT molecular complexity index is 87.0. The van der Waals surface area contributed by atoms with E-state index in [4.69, 9.17) is 0 Å². The SMILES string of the molecule is CC.CSNCC(C)CCN(C)C. The highest BCUT2D eigenvalue weighted by Gasteiger charge is 2.00. The Kier molecular flexibility index (Phi) is 14.8. The molecule has 82 valence electrons. The van der Waals surface area contributed by atoms with Gasteiger partial charge >= 0.3 is 0 Å². The molecule has 0 aliphatic rings. The second-order valence-corrected chi connectivity index (χ2v) is 3.95. The summed E-state index contributed by atoms with van der Waals surface area (Å²) in [4.78, 5) is 2.23. The maximum absolute atomic E-state index is 3.27. The summed E-state index contributed by atoms with van der Waals surface area (Å²) in [5.41, 5.74) is 0. The fourth-order valence-electron chi connectivity index (χ4n) is 0.806. The molecule has 0 fully saturated rings. The van der Waals surface area contributed by atoms with Gasteiger partial charge in [0, 0.05) is 6.54 Å². The Balaban J connectivity index is 0. The first-order valence-corrected chi connectivity index (χ1v) is 6.30. The van der Waals surface area contributed by atoms with Gasteiger partial charge < -0.3 is 4.90 Å². The lowest BCUT2D eigenvalue weighted by Gasteiger charge is -2.14. The van der Waals surface area contributed by atoms with E-state index in [1.54, 1.807) is 11.9 Å². The maximum Gasteiger partial charge on any atom is 0.00846 e. The van der Waals surface area contributed by atoms with Crippen molar-refractivity contribution in [2.24, 2.45) is 5.92 Å². The Morgan fingerprint density at radius 3 is 2.23 bits per heavy atom. The van der Waals surface area contributed by atoms with Gasteiger partial charge in [-0.25, -0.2) is 0 Å². The van der Waals surface area contributed by atoms with Crippen molar-refractivity contribution in [1.29, 1.82) is 0 Å². The van der Waals surface area contributed by atoms with Crippen molar-refractivity contribution in [2.75, 3.05) is 33.4 Å². The summed E-state index contributed by atoms with van der Waals surface area (Å²) in [6.07, 6.45) is 3.35. The standard InChI is InChI=1S/C8H20N2S.C2H6/c1-8(7-9-11-4)5-6-10(2)3;1-2/h8-9H,5-7H2,1-4H3;1-2H3. The molecule has 0 rings (SSSR count). The Labute approximate surface area is 88.6 Å². The van der Waals surface area contributed by atoms with Gasteiger partial charge in [0.2, 0.25) is 0 Å². The number of nitrogens with zero attached hydrogens (tertiary/aromatic N) is 1. The normalized spacial score (nSPS) is 12.2. The summed E-state index contributed by atoms with van der Waals surface area (Å²) in [5, 5.41) is 0. The average Bonchev–Trinajstić information content (AvgIpc) is 2.14. The van der Waals surface area contributed by atoms with E-state index in [0.29, 0.717) is 0 Å². The smallest absolute Gasteiger partial charge is 0.00846 e. The first kappa shape index (κ1) is 15.7. The van der Waals surface area contributed by atoms with E-state index < -0.39 is 0 Å². The minimum Gasteiger partial charge on any atom is -0.309 e. The van der Waals surface area contributed by atoms with Crippen molar-refractivity contribution in [2.45, 2.75) is 27.2 Å². The molecule has 2 nitrogen and oxygen atoms in total. The summed E-state index contributed by atoms with van der Waals surface area (Å²) >= 11 is 1.70. The first-order valence-electron chi connectivity index (χ1n) is 5.07. The van der Waals surface area contributed by atoms with Crippen LogP contribution < -0.4 is 4.72 Å². The zero-order chi connectivity index (χ0) is 10.7. The largest absolute Gasteiger partial charge is 0.309 e. The number of nitrogens with one attached hydrogen (secondary N) is 1. The maximum atomic E-state index is 3.27. The van der Waals surface area contributed by atoms with Crippen LogP contribution in [0.15, 0.2) is 0 Å². The van der Waals surface area contributed by atoms with Crippen LogP contribution in [-0.2, 0) is 0 Å². The summed E-state index contributed by atoms with van der Waals surface area (Å²) < 4.78 is 3.27. The van der Waals surface area contributed by atoms with Gasteiger partial charge in [-0.1, -0.05) is 32.7 Å². The van der Waals surface area contributed by atoms with Crippen LogP contribution in [0.25, 0.3) is 0 Å². The first-order chi connectivity index (χ1) is 6.16. The van der Waals surface area contributed by atoms with Gasteiger partial charge in [0.05, 0.1) is 0 Å². The molecule has 1 N–H and O–H groups in total. The van der Waals surface area contributed by atoms with Crippen LogP contribution in [0.4, 0.5) is 0 Å². The quantitative estimate of drug-likeness (QED) is 0.672. The average molecular weight is 206 g/mol. The molecule has 1 unspecified atom stereocenters. The van der Waals surface area contributed by atoms with Gasteiger partial charge in [-0.05, 0) is 39.2 Å². The van der Waals surface area contributed by atoms with Crippen molar-refractivity contribution in [3.8, 4) is 0 Å². The molecule has 3 heteroatoms. The minimum atomic E-state index is 0.782. The third kappa shape index (κ3) is 15.1. The van der Waals surface area contributed by atoms with Gasteiger partial charge in [-0.15, -0.1) is 0 Å². The van der Waals surface area contributed by atoms with E-state index in [1.165, 1.54) is 13.0 Å². The zero-order valence-corrected chi connectivity index (χ0v) is 10.9. The molecular formula is C10H26N2S. The fourth-order valence-corrected chi connectivity index (χ4v) is 1.26. The highest BCUT2D eigenvalue weighted by molar-refractivity contribution is 7.96. The van der Waals surface area contributed by atoms with Gasteiger partial charge in [0.25, 0.3) is 0 Å². The molecular weight excluding hydrogens is 180 g/mol. The van der Waals surface area contributed by atoms with E-state index in [2.05, 4.69) is 36.9 Å². The molecule has 0 saturated carbocycles. The Morgan fingerprint density at radius 2 is 1.85 bits per heavy atom. The number of rotatable bonds is 6. The van der Waals surface area contributed by atoms with Crippen LogP contribution in [-0.4, -0.2) is 38.3 Å². The fraction of sp³-hybridized carbons (Fsp3) is 1.00. The topological polar surface area (TPSA) is 15.3 Å². The van der Waals surface area contributed by atoms with Crippen molar-refractivity contribution >= 4 is 11.9 Å². The molecule has 0 aromatic rings. The molecule has 0 aliphatic heterocycles. The summed E-state index contributed by atoms with van der Waals surface area (Å²) in [6, 6.07) is 0. The summed E-state index contributed by atoms with van der Waals surface area (Å²) in [6.45, 7) is 8.60. The highest BCUT2D eigenvalue weighted by Crippen LogP contribution is 2.01. The molecule has 0 amide bonds. The van der Waals surface area contributed by atoms with E-state index in [9.17, 15) is 0 Å². The van der Waals surface area contributed by atoms with Crippen molar-refractivity contribution in [1.82, 2.24) is 9.62 Å². The van der Waals surface area contributed by atoms with E-state index in [1.807, 2.05) is 13.8 Å². The van der Waals surface area contributed by atoms with Gasteiger partial charge in [-0.2, -0.15) is 0 Å². The molecule has 0 spiro atoms. The second kappa shape index (κ2) is 12.3. The lowest BCUT2D eigenvalue weighted by molar-refractivity contribution is 0.361. The lowest BCUT2D eigenvalue weighted by Crippen LogP contribution is -2.20. The van der Waals surface area contributed by atoms with E-state index >= 15 is 0 Å². The monoisotopic (exact) mass is 206 g/mol. The third-order valence-electron chi connectivity index (χ3n) is 1.65. The molecule has 1 atom stereocenters. The molecule has 0 aromatic carbocycles. The van der Waals surface area contributed by atoms with Crippen molar-refractivity contribution < 1.29 is 0 Å². The second-order valence-electron chi connectivity index (χ2n) is 3.25. The highest BCUT2D eigenvalue weighted by atomic mass is 32.2. The number of hydrogen-bond donors (Lipinski definition) is 1. The predicted octanol–water partition coefficient (Wildman–Crippen LogP) is 2.47. The summed E-state index contributed by atoms with van der Waals surface area (Å²) in [5.74, 6) is 0.782. The van der Waals surface area contributed by atoms with Gasteiger partial charge in [-0.3, -0.25) is 4.72 Å². The summed E-state index contributed by atoms with van der Waals surface area (Å²) in [7, 11) is 4.24. The van der Waals surface area contributed by atoms with Crippen LogP contribution >= 0.6 is 11.9 Å². The molecule has 0 heterocycles. The van der Waals surface area contributed by atoms with Crippen molar-refractivity contribution in [3.05, 3.63) is 0 Å². The zero-order valence-electron chi connectivity index (χ0n) is 10.1. The molecule has 13 heavy (non-hydrogen) atoms. The van der Waals surface area contributed by atoms with Crippen molar-refractivity contribution in [3.63, 3.8) is 0 Å². The number of hydrogen-bond acceptors (Lipinski definition) is 3. The van der Waals surface area contributed by atoms with Gasteiger partial charge in [0.1, 0.15) is 0 Å². The van der Waals surface area contributed by atoms with Crippen LogP contribution in [0.3, 0.4) is 0 Å². The Hall–Kier alpha value is 0.270. The third-order valence-corrected chi connectivity index (χ3v) is 2.10. The molecule has 0 bridgehead atoms. The Morgan fingerprint density at radius 1 is 1.31 bits per heavy atom. The van der Waals surface area contributed by atoms with Crippen LogP contribution in [0.2, 0.25) is 0 Å². The van der Waals surface area contributed by atoms with E-state index in [0.717, 1.165) is 12.5 Å². The predicted molar refractivity (Wildman–Crippen MR) is 65.2 cm³/mol. The van der Waals surface area contributed by atoms with E-state index in [-0.39, 0.29) is 0 Å². The molecule has 0 saturated heterocycles. The molecule has 0 aromatic heterocycles. The van der Waals surface area contributed by atoms with Crippen LogP contribution in [0.1, 0.15) is 27.2 Å². The molecule has 0 aliphatic carbocycles. The van der Waals surface area contributed by atoms with Crippen LogP contribution in [0.5, 0.6) is 0 Å².